The number of carbonyl (C=O) groups is 2. The van der Waals surface area contributed by atoms with Crippen molar-refractivity contribution in [1.82, 2.24) is 0 Å². The van der Waals surface area contributed by atoms with E-state index in [1.54, 1.807) is 6.92 Å². The number of Topliss-reactive ketones (excluding diaryl/α,β-unsaturated/α-hetero) is 1. The van der Waals surface area contributed by atoms with E-state index in [1.807, 2.05) is 38.1 Å². The maximum absolute atomic E-state index is 12.7. The van der Waals surface area contributed by atoms with E-state index in [4.69, 9.17) is 9.47 Å². The number of fused-ring (bicyclic) bond motifs is 6. The van der Waals surface area contributed by atoms with Crippen LogP contribution >= 0.6 is 0 Å². The van der Waals surface area contributed by atoms with Crippen molar-refractivity contribution < 1.29 is 24.2 Å². The first kappa shape index (κ1) is 17.4. The fourth-order valence-electron chi connectivity index (χ4n) is 4.77. The molecule has 1 fully saturated rings. The van der Waals surface area contributed by atoms with Gasteiger partial charge in [0.25, 0.3) is 0 Å². The summed E-state index contributed by atoms with van der Waals surface area (Å²) in [5, 5.41) is 11.5. The van der Waals surface area contributed by atoms with Gasteiger partial charge in [0.2, 0.25) is 0 Å². The Morgan fingerprint density at radius 2 is 2.08 bits per heavy atom. The number of esters is 1. The zero-order chi connectivity index (χ0) is 18.7. The van der Waals surface area contributed by atoms with Gasteiger partial charge in [-0.2, -0.15) is 0 Å². The first-order valence-electron chi connectivity index (χ1n) is 9.23. The lowest BCUT2D eigenvalue weighted by Gasteiger charge is -2.49. The predicted octanol–water partition coefficient (Wildman–Crippen LogP) is 2.97. The van der Waals surface area contributed by atoms with Crippen LogP contribution in [0.3, 0.4) is 0 Å². The molecule has 3 aliphatic rings. The third-order valence-electron chi connectivity index (χ3n) is 5.84. The minimum atomic E-state index is -1.44. The quantitative estimate of drug-likeness (QED) is 0.651. The van der Waals surface area contributed by atoms with Gasteiger partial charge in [0.05, 0.1) is 18.3 Å². The second kappa shape index (κ2) is 5.76. The molecule has 5 heteroatoms. The maximum atomic E-state index is 12.7. The number of carbonyl (C=O) groups excluding carboxylic acids is 2. The Morgan fingerprint density at radius 3 is 2.81 bits per heavy atom. The van der Waals surface area contributed by atoms with Gasteiger partial charge >= 0.3 is 5.97 Å². The van der Waals surface area contributed by atoms with Crippen LogP contribution in [0.15, 0.2) is 35.4 Å². The highest BCUT2D eigenvalue weighted by Gasteiger charge is 2.58. The van der Waals surface area contributed by atoms with Gasteiger partial charge in [-0.3, -0.25) is 4.79 Å². The van der Waals surface area contributed by atoms with Crippen LogP contribution in [0.25, 0.3) is 0 Å². The van der Waals surface area contributed by atoms with Gasteiger partial charge in [-0.1, -0.05) is 24.3 Å². The van der Waals surface area contributed by atoms with E-state index in [0.29, 0.717) is 11.1 Å². The lowest BCUT2D eigenvalue weighted by Crippen LogP contribution is -2.45. The highest BCUT2D eigenvalue weighted by atomic mass is 16.5. The summed E-state index contributed by atoms with van der Waals surface area (Å²) in [6.45, 7) is 6.00. The predicted molar refractivity (Wildman–Crippen MR) is 94.3 cm³/mol. The van der Waals surface area contributed by atoms with E-state index in [2.05, 4.69) is 0 Å². The molecule has 0 amide bonds. The standard InChI is InChI=1S/C21H24O5/c1-4-25-19(23)16-15(22)11-21(24)14-8-6-5-7-12(14)18-13(17(16)21)9-10-20(2,3)26-18/h5-8,13,18,24H,4,9-11H2,1-3H3. The minimum absolute atomic E-state index is 0.0298. The van der Waals surface area contributed by atoms with Gasteiger partial charge in [-0.15, -0.1) is 0 Å². The molecule has 3 unspecified atom stereocenters. The van der Waals surface area contributed by atoms with Crippen LogP contribution < -0.4 is 0 Å². The molecular formula is C21H24O5. The number of aliphatic hydroxyl groups is 1. The van der Waals surface area contributed by atoms with Gasteiger partial charge in [0.1, 0.15) is 11.2 Å². The van der Waals surface area contributed by atoms with Gasteiger partial charge in [0.15, 0.2) is 5.78 Å². The van der Waals surface area contributed by atoms with Gasteiger partial charge in [0, 0.05) is 12.3 Å². The number of hydrogen-bond donors (Lipinski definition) is 1. The van der Waals surface area contributed by atoms with Crippen LogP contribution in [-0.2, 0) is 24.7 Å². The second-order valence-electron chi connectivity index (χ2n) is 8.00. The number of benzene rings is 1. The Balaban J connectivity index is 1.95. The summed E-state index contributed by atoms with van der Waals surface area (Å²) in [6, 6.07) is 7.55. The average molecular weight is 356 g/mol. The van der Waals surface area contributed by atoms with Crippen molar-refractivity contribution in [2.24, 2.45) is 5.92 Å². The van der Waals surface area contributed by atoms with Gasteiger partial charge < -0.3 is 14.6 Å². The van der Waals surface area contributed by atoms with Gasteiger partial charge in [-0.25, -0.2) is 4.79 Å². The molecular weight excluding hydrogens is 332 g/mol. The summed E-state index contributed by atoms with van der Waals surface area (Å²) in [5.74, 6) is -1.18. The average Bonchev–Trinajstić information content (AvgIpc) is 2.86. The van der Waals surface area contributed by atoms with Crippen LogP contribution in [0.5, 0.6) is 0 Å². The number of rotatable bonds is 2. The smallest absolute Gasteiger partial charge is 0.341 e. The third-order valence-corrected chi connectivity index (χ3v) is 5.84. The second-order valence-corrected chi connectivity index (χ2v) is 8.00. The lowest BCUT2D eigenvalue weighted by atomic mass is 9.66. The first-order chi connectivity index (χ1) is 12.3. The highest BCUT2D eigenvalue weighted by Crippen LogP contribution is 2.59. The van der Waals surface area contributed by atoms with E-state index in [-0.39, 0.29) is 42.0 Å². The normalized spacial score (nSPS) is 31.9. The minimum Gasteiger partial charge on any atom is -0.462 e. The summed E-state index contributed by atoms with van der Waals surface area (Å²) in [4.78, 5) is 25.2. The number of hydrogen-bond acceptors (Lipinski definition) is 5. The lowest BCUT2D eigenvalue weighted by molar-refractivity contribution is -0.144. The largest absolute Gasteiger partial charge is 0.462 e. The van der Waals surface area contributed by atoms with Crippen LogP contribution in [0.4, 0.5) is 0 Å². The summed E-state index contributed by atoms with van der Waals surface area (Å²) in [7, 11) is 0. The molecule has 0 saturated carbocycles. The van der Waals surface area contributed by atoms with E-state index in [9.17, 15) is 14.7 Å². The van der Waals surface area contributed by atoms with Crippen molar-refractivity contribution in [3.05, 3.63) is 46.5 Å². The summed E-state index contributed by atoms with van der Waals surface area (Å²) >= 11 is 0. The van der Waals surface area contributed by atoms with E-state index < -0.39 is 11.6 Å². The van der Waals surface area contributed by atoms with Crippen molar-refractivity contribution in [2.75, 3.05) is 6.61 Å². The molecule has 26 heavy (non-hydrogen) atoms. The van der Waals surface area contributed by atoms with Crippen molar-refractivity contribution in [3.8, 4) is 0 Å². The zero-order valence-corrected chi connectivity index (χ0v) is 15.4. The van der Waals surface area contributed by atoms with E-state index in [1.165, 1.54) is 0 Å². The Labute approximate surface area is 153 Å². The zero-order valence-electron chi connectivity index (χ0n) is 15.4. The number of ketones is 1. The molecule has 0 aromatic heterocycles. The van der Waals surface area contributed by atoms with E-state index in [0.717, 1.165) is 18.4 Å². The molecule has 0 bridgehead atoms. The molecule has 4 rings (SSSR count). The molecule has 138 valence electrons. The molecule has 1 heterocycles. The summed E-state index contributed by atoms with van der Waals surface area (Å²) in [5.41, 5.74) is 0.372. The molecule has 5 nitrogen and oxygen atoms in total. The van der Waals surface area contributed by atoms with Gasteiger partial charge in [-0.05, 0) is 50.3 Å². The SMILES string of the molecule is CCOC(=O)C1=C2C3CCC(C)(C)OC3c3ccccc3C2(O)CC1=O. The Hall–Kier alpha value is -1.98. The molecule has 3 atom stereocenters. The van der Waals surface area contributed by atoms with Crippen LogP contribution in [0.1, 0.15) is 57.3 Å². The first-order valence-corrected chi connectivity index (χ1v) is 9.23. The van der Waals surface area contributed by atoms with Crippen LogP contribution in [0.2, 0.25) is 0 Å². The topological polar surface area (TPSA) is 72.8 Å². The molecule has 1 aliphatic heterocycles. The summed E-state index contributed by atoms with van der Waals surface area (Å²) in [6.07, 6.45) is 1.15. The summed E-state index contributed by atoms with van der Waals surface area (Å²) < 4.78 is 11.5. The Morgan fingerprint density at radius 1 is 1.35 bits per heavy atom. The monoisotopic (exact) mass is 356 g/mol. The fourth-order valence-corrected chi connectivity index (χ4v) is 4.77. The van der Waals surface area contributed by atoms with E-state index >= 15 is 0 Å². The molecule has 0 spiro atoms. The van der Waals surface area contributed by atoms with Crippen molar-refractivity contribution in [3.63, 3.8) is 0 Å². The fraction of sp³-hybridized carbons (Fsp3) is 0.524. The molecule has 1 aromatic rings. The Kier molecular flexibility index (Phi) is 3.86. The molecule has 2 aliphatic carbocycles. The van der Waals surface area contributed by atoms with Crippen molar-refractivity contribution in [1.29, 1.82) is 0 Å². The van der Waals surface area contributed by atoms with Crippen LogP contribution in [-0.4, -0.2) is 29.1 Å². The van der Waals surface area contributed by atoms with Crippen LogP contribution in [0, 0.1) is 5.92 Å². The molecule has 1 N–H and O–H groups in total. The maximum Gasteiger partial charge on any atom is 0.341 e. The Bertz CT molecular complexity index is 821. The molecule has 1 aromatic carbocycles. The van der Waals surface area contributed by atoms with Crippen molar-refractivity contribution in [2.45, 2.75) is 57.3 Å². The third kappa shape index (κ3) is 2.37. The number of ether oxygens (including phenoxy) is 2. The molecule has 0 radical (unpaired) electrons. The molecule has 1 saturated heterocycles. The highest BCUT2D eigenvalue weighted by molar-refractivity contribution is 6.20. The van der Waals surface area contributed by atoms with Crippen molar-refractivity contribution >= 4 is 11.8 Å².